The first-order valence-corrected chi connectivity index (χ1v) is 18.7. The Labute approximate surface area is 319 Å². The molecule has 4 heterocycles. The molecule has 0 fully saturated rings. The molecule has 10 aromatic rings. The van der Waals surface area contributed by atoms with Gasteiger partial charge >= 0.3 is 0 Å². The average Bonchev–Trinajstić information content (AvgIpc) is 3.65. The topological polar surface area (TPSA) is 41.6 Å². The number of nitrogens with zero attached hydrogens (tertiary/aromatic N) is 2. The van der Waals surface area contributed by atoms with Crippen molar-refractivity contribution in [1.82, 2.24) is 15.0 Å². The molecule has 7 aromatic carbocycles. The molecule has 0 spiro atoms. The molecule has 3 nitrogen and oxygen atoms in total. The maximum Gasteiger partial charge on any atom is 0.0900 e. The first kappa shape index (κ1) is 31.2. The van der Waals surface area contributed by atoms with Crippen molar-refractivity contribution in [2.45, 2.75) is 0 Å². The Morgan fingerprint density at radius 3 is 1.16 bits per heavy atom. The minimum Gasteiger partial charge on any atom is -0.353 e. The average molecular weight is 700 g/mol. The summed E-state index contributed by atoms with van der Waals surface area (Å²) < 4.78 is 0. The summed E-state index contributed by atoms with van der Waals surface area (Å²) in [6, 6.07) is 69.5. The van der Waals surface area contributed by atoms with Gasteiger partial charge in [-0.3, -0.25) is 0 Å². The summed E-state index contributed by atoms with van der Waals surface area (Å²) in [6.07, 6.45) is 0. The van der Waals surface area contributed by atoms with Crippen LogP contribution in [0.25, 0.3) is 111 Å². The molecule has 1 N–H and O–H groups in total. The molecule has 1 aliphatic heterocycles. The Balaban J connectivity index is 1.31. The van der Waals surface area contributed by atoms with Gasteiger partial charge in [0.1, 0.15) is 0 Å². The van der Waals surface area contributed by atoms with Crippen molar-refractivity contribution in [1.29, 1.82) is 0 Å². The second-order valence-corrected chi connectivity index (χ2v) is 14.3. The Kier molecular flexibility index (Phi) is 7.17. The van der Waals surface area contributed by atoms with Gasteiger partial charge in [-0.25, -0.2) is 9.97 Å². The van der Waals surface area contributed by atoms with Gasteiger partial charge in [0.2, 0.25) is 0 Å². The zero-order chi connectivity index (χ0) is 36.3. The molecule has 1 aliphatic rings. The lowest BCUT2D eigenvalue weighted by Crippen LogP contribution is -1.97. The number of benzene rings is 7. The first-order valence-electron chi connectivity index (χ1n) is 18.7. The van der Waals surface area contributed by atoms with E-state index in [4.69, 9.17) is 9.97 Å². The highest BCUT2D eigenvalue weighted by molar-refractivity contribution is 6.17. The molecule has 0 saturated carbocycles. The second kappa shape index (κ2) is 12.6. The lowest BCUT2D eigenvalue weighted by atomic mass is 9.93. The Morgan fingerprint density at radius 2 is 0.636 bits per heavy atom. The number of H-pyrrole nitrogens is 1. The highest BCUT2D eigenvalue weighted by atomic mass is 14.8. The van der Waals surface area contributed by atoms with Gasteiger partial charge in [-0.05, 0) is 105 Å². The van der Waals surface area contributed by atoms with Crippen LogP contribution in [0.5, 0.6) is 0 Å². The molecule has 0 saturated heterocycles. The fourth-order valence-electron chi connectivity index (χ4n) is 8.18. The number of pyridine rings is 2. The molecule has 3 heteroatoms. The maximum absolute atomic E-state index is 5.52. The van der Waals surface area contributed by atoms with Crippen molar-refractivity contribution in [3.63, 3.8) is 0 Å². The summed E-state index contributed by atoms with van der Waals surface area (Å²) in [6.45, 7) is 0. The minimum absolute atomic E-state index is 0.824. The normalized spacial score (nSPS) is 11.6. The van der Waals surface area contributed by atoms with E-state index < -0.39 is 0 Å². The smallest absolute Gasteiger partial charge is 0.0900 e. The lowest BCUT2D eigenvalue weighted by molar-refractivity contribution is 1.25. The SMILES string of the molecule is c1ccc(-c2cc3nc(c2)-c2cc(-c4ccccc4)cc(n2)-c2cc(-c4ccccc4)cc4c2[nH]c2c(cc(-c5ccccc5)cc24)-c2cccc-3c2)cc1. The highest BCUT2D eigenvalue weighted by Gasteiger charge is 2.21. The van der Waals surface area contributed by atoms with E-state index in [0.29, 0.717) is 0 Å². The molecule has 0 unspecified atom stereocenters. The number of rotatable bonds is 4. The number of aromatic nitrogens is 3. The van der Waals surface area contributed by atoms with Gasteiger partial charge in [-0.1, -0.05) is 140 Å². The van der Waals surface area contributed by atoms with E-state index in [1.807, 2.05) is 0 Å². The van der Waals surface area contributed by atoms with Gasteiger partial charge in [-0.15, -0.1) is 0 Å². The van der Waals surface area contributed by atoms with Crippen molar-refractivity contribution in [2.24, 2.45) is 0 Å². The number of hydrogen-bond donors (Lipinski definition) is 1. The number of hydrogen-bond acceptors (Lipinski definition) is 2. The van der Waals surface area contributed by atoms with Gasteiger partial charge in [-0.2, -0.15) is 0 Å². The van der Waals surface area contributed by atoms with Gasteiger partial charge in [0.05, 0.1) is 33.8 Å². The van der Waals surface area contributed by atoms with Crippen LogP contribution in [-0.2, 0) is 0 Å². The third-order valence-corrected chi connectivity index (χ3v) is 10.9. The van der Waals surface area contributed by atoms with Crippen molar-refractivity contribution in [3.8, 4) is 89.5 Å². The van der Waals surface area contributed by atoms with Crippen LogP contribution in [0.2, 0.25) is 0 Å². The van der Waals surface area contributed by atoms with Crippen molar-refractivity contribution < 1.29 is 0 Å². The van der Waals surface area contributed by atoms with E-state index in [2.05, 4.69) is 199 Å². The summed E-state index contributed by atoms with van der Waals surface area (Å²) >= 11 is 0. The summed E-state index contributed by atoms with van der Waals surface area (Å²) in [5, 5.41) is 2.34. The molecular weight excluding hydrogens is 667 g/mol. The van der Waals surface area contributed by atoms with Crippen LogP contribution in [-0.4, -0.2) is 15.0 Å². The van der Waals surface area contributed by atoms with E-state index in [9.17, 15) is 0 Å². The summed E-state index contributed by atoms with van der Waals surface area (Å²) in [7, 11) is 0. The summed E-state index contributed by atoms with van der Waals surface area (Å²) in [5.41, 5.74) is 19.1. The molecule has 0 amide bonds. The molecule has 11 rings (SSSR count). The fraction of sp³-hybridized carbons (Fsp3) is 0. The molecule has 0 radical (unpaired) electrons. The number of nitrogens with one attached hydrogen (secondary N) is 1. The first-order chi connectivity index (χ1) is 27.2. The zero-order valence-corrected chi connectivity index (χ0v) is 29.9. The van der Waals surface area contributed by atoms with Crippen LogP contribution in [0.4, 0.5) is 0 Å². The minimum atomic E-state index is 0.824. The van der Waals surface area contributed by atoms with Crippen molar-refractivity contribution >= 4 is 21.8 Å². The lowest BCUT2D eigenvalue weighted by Gasteiger charge is -2.15. The Bertz CT molecular complexity index is 3060. The van der Waals surface area contributed by atoms with E-state index in [1.165, 1.54) is 16.5 Å². The van der Waals surface area contributed by atoms with Gasteiger partial charge in [0, 0.05) is 27.5 Å². The van der Waals surface area contributed by atoms with E-state index >= 15 is 0 Å². The van der Waals surface area contributed by atoms with Crippen LogP contribution in [0.3, 0.4) is 0 Å². The maximum atomic E-state index is 5.52. The predicted molar refractivity (Wildman–Crippen MR) is 228 cm³/mol. The molecule has 3 aromatic heterocycles. The summed E-state index contributed by atoms with van der Waals surface area (Å²) in [4.78, 5) is 14.9. The van der Waals surface area contributed by atoms with Gasteiger partial charge in [0.15, 0.2) is 0 Å². The molecule has 256 valence electrons. The third-order valence-electron chi connectivity index (χ3n) is 10.9. The second-order valence-electron chi connectivity index (χ2n) is 14.3. The third kappa shape index (κ3) is 5.45. The van der Waals surface area contributed by atoms with Crippen LogP contribution < -0.4 is 0 Å². The van der Waals surface area contributed by atoms with Crippen molar-refractivity contribution in [2.75, 3.05) is 0 Å². The molecule has 0 atom stereocenters. The van der Waals surface area contributed by atoms with Crippen LogP contribution >= 0.6 is 0 Å². The standard InChI is InChI=1S/C52H33N3/c1-5-14-33(15-6-1)39-25-43-37-22-13-23-38(24-37)47-29-41(35-18-9-3-10-19-35)31-49(53-47)50-32-42(36-20-11-4-12-21-36)30-48(54-50)46-28-40(34-16-7-2-8-17-34)27-45-44(26-39)51(43)55-52(45)46/h1-32,55H. The zero-order valence-electron chi connectivity index (χ0n) is 29.9. The fourth-order valence-corrected chi connectivity index (χ4v) is 8.18. The van der Waals surface area contributed by atoms with Crippen LogP contribution in [0, 0.1) is 0 Å². The quantitative estimate of drug-likeness (QED) is 0.199. The largest absolute Gasteiger partial charge is 0.353 e. The number of fused-ring (bicyclic) bond motifs is 11. The molecule has 55 heavy (non-hydrogen) atoms. The van der Waals surface area contributed by atoms with Crippen molar-refractivity contribution in [3.05, 3.63) is 194 Å². The molecular formula is C52H33N3. The van der Waals surface area contributed by atoms with E-state index in [-0.39, 0.29) is 0 Å². The molecule has 8 bridgehead atoms. The summed E-state index contributed by atoms with van der Waals surface area (Å²) in [5.74, 6) is 0. The van der Waals surface area contributed by atoms with Gasteiger partial charge < -0.3 is 4.98 Å². The van der Waals surface area contributed by atoms with Crippen LogP contribution in [0.15, 0.2) is 194 Å². The van der Waals surface area contributed by atoms with Gasteiger partial charge in [0.25, 0.3) is 0 Å². The van der Waals surface area contributed by atoms with Crippen LogP contribution in [0.1, 0.15) is 0 Å². The van der Waals surface area contributed by atoms with E-state index in [1.54, 1.807) is 0 Å². The van der Waals surface area contributed by atoms with E-state index in [0.717, 1.165) is 94.8 Å². The number of aromatic amines is 1. The Morgan fingerprint density at radius 1 is 0.255 bits per heavy atom. The Hall–Kier alpha value is -7.36. The molecule has 0 aliphatic carbocycles. The highest BCUT2D eigenvalue weighted by Crippen LogP contribution is 2.44. The predicted octanol–water partition coefficient (Wildman–Crippen LogP) is 13.8. The monoisotopic (exact) mass is 699 g/mol.